The van der Waals surface area contributed by atoms with Crippen LogP contribution in [0.25, 0.3) is 0 Å². The van der Waals surface area contributed by atoms with Crippen LogP contribution in [-0.4, -0.2) is 49.5 Å². The highest BCUT2D eigenvalue weighted by Crippen LogP contribution is 2.29. The lowest BCUT2D eigenvalue weighted by molar-refractivity contribution is -0.123. The van der Waals surface area contributed by atoms with Crippen molar-refractivity contribution in [3.63, 3.8) is 0 Å². The summed E-state index contributed by atoms with van der Waals surface area (Å²) in [4.78, 5) is 28.5. The smallest absolute Gasteiger partial charge is 0.244 e. The van der Waals surface area contributed by atoms with Crippen LogP contribution < -0.4 is 15.0 Å². The number of para-hydroxylation sites is 3. The SMILES string of the molecule is O=C1CN(C(=O)CN2CCC[C@H](COc3ccccc3F)C2)c2ccccc2N1. The van der Waals surface area contributed by atoms with Crippen LogP contribution in [0.15, 0.2) is 48.5 Å². The summed E-state index contributed by atoms with van der Waals surface area (Å²) in [7, 11) is 0. The maximum atomic E-state index is 13.7. The number of carbonyl (C=O) groups excluding carboxylic acids is 2. The second-order valence-electron chi connectivity index (χ2n) is 7.53. The zero-order valence-corrected chi connectivity index (χ0v) is 16.1. The second-order valence-corrected chi connectivity index (χ2v) is 7.53. The number of carbonyl (C=O) groups is 2. The van der Waals surface area contributed by atoms with Gasteiger partial charge in [-0.3, -0.25) is 19.4 Å². The maximum absolute atomic E-state index is 13.7. The molecule has 0 radical (unpaired) electrons. The predicted octanol–water partition coefficient (Wildman–Crippen LogP) is 2.90. The first kappa shape index (κ1) is 19.4. The molecule has 0 aromatic heterocycles. The molecule has 0 unspecified atom stereocenters. The fourth-order valence-corrected chi connectivity index (χ4v) is 3.93. The van der Waals surface area contributed by atoms with E-state index < -0.39 is 0 Å². The third-order valence-electron chi connectivity index (χ3n) is 5.34. The van der Waals surface area contributed by atoms with E-state index in [2.05, 4.69) is 10.2 Å². The van der Waals surface area contributed by atoms with Gasteiger partial charge in [0.1, 0.15) is 6.54 Å². The molecule has 152 valence electrons. The van der Waals surface area contributed by atoms with Gasteiger partial charge in [-0.1, -0.05) is 24.3 Å². The van der Waals surface area contributed by atoms with Crippen LogP contribution in [0.1, 0.15) is 12.8 Å². The molecular weight excluding hydrogens is 373 g/mol. The normalized spacial score (nSPS) is 19.4. The Morgan fingerprint density at radius 2 is 1.97 bits per heavy atom. The number of halogens is 1. The fourth-order valence-electron chi connectivity index (χ4n) is 3.93. The van der Waals surface area contributed by atoms with Crippen molar-refractivity contribution in [3.8, 4) is 5.75 Å². The molecule has 6 nitrogen and oxygen atoms in total. The topological polar surface area (TPSA) is 61.9 Å². The first-order valence-corrected chi connectivity index (χ1v) is 9.89. The zero-order chi connectivity index (χ0) is 20.2. The molecule has 0 bridgehead atoms. The minimum Gasteiger partial charge on any atom is -0.490 e. The van der Waals surface area contributed by atoms with Gasteiger partial charge in [-0.2, -0.15) is 0 Å². The molecule has 2 heterocycles. The lowest BCUT2D eigenvalue weighted by Gasteiger charge is -2.35. The van der Waals surface area contributed by atoms with Gasteiger partial charge in [-0.05, 0) is 43.7 Å². The molecule has 2 aromatic rings. The Labute approximate surface area is 169 Å². The predicted molar refractivity (Wildman–Crippen MR) is 108 cm³/mol. The van der Waals surface area contributed by atoms with Crippen LogP contribution in [0.5, 0.6) is 5.75 Å². The van der Waals surface area contributed by atoms with Gasteiger partial charge in [-0.25, -0.2) is 4.39 Å². The lowest BCUT2D eigenvalue weighted by atomic mass is 9.99. The summed E-state index contributed by atoms with van der Waals surface area (Å²) in [5, 5.41) is 2.80. The molecule has 2 aliphatic heterocycles. The lowest BCUT2D eigenvalue weighted by Crippen LogP contribution is -2.48. The Bertz CT molecular complexity index is 904. The molecule has 0 aliphatic carbocycles. The molecule has 1 N–H and O–H groups in total. The molecule has 0 saturated carbocycles. The van der Waals surface area contributed by atoms with Crippen LogP contribution in [-0.2, 0) is 9.59 Å². The molecule has 2 aromatic carbocycles. The van der Waals surface area contributed by atoms with Gasteiger partial charge in [0.25, 0.3) is 0 Å². The van der Waals surface area contributed by atoms with Crippen LogP contribution in [0, 0.1) is 11.7 Å². The summed E-state index contributed by atoms with van der Waals surface area (Å²) in [6.45, 7) is 2.23. The van der Waals surface area contributed by atoms with Crippen molar-refractivity contribution in [2.45, 2.75) is 12.8 Å². The van der Waals surface area contributed by atoms with Crippen molar-refractivity contribution < 1.29 is 18.7 Å². The number of benzene rings is 2. The van der Waals surface area contributed by atoms with E-state index in [1.54, 1.807) is 29.2 Å². The Morgan fingerprint density at radius 1 is 1.17 bits per heavy atom. The highest BCUT2D eigenvalue weighted by atomic mass is 19.1. The van der Waals surface area contributed by atoms with Crippen LogP contribution in [0.2, 0.25) is 0 Å². The Balaban J connectivity index is 1.35. The van der Waals surface area contributed by atoms with Crippen molar-refractivity contribution in [3.05, 3.63) is 54.3 Å². The number of anilines is 2. The molecular formula is C22H24FN3O3. The number of nitrogens with zero attached hydrogens (tertiary/aromatic N) is 2. The standard InChI is InChI=1S/C22H24FN3O3/c23-17-7-1-4-10-20(17)29-15-16-6-5-11-25(12-16)14-22(28)26-13-21(27)24-18-8-2-3-9-19(18)26/h1-4,7-10,16H,5-6,11-15H2,(H,24,27)/t16-/m0/s1. The summed E-state index contributed by atoms with van der Waals surface area (Å²) in [6, 6.07) is 13.7. The number of amides is 2. The summed E-state index contributed by atoms with van der Waals surface area (Å²) in [5.41, 5.74) is 1.39. The third-order valence-corrected chi connectivity index (χ3v) is 5.34. The summed E-state index contributed by atoms with van der Waals surface area (Å²) in [6.07, 6.45) is 1.93. The van der Waals surface area contributed by atoms with E-state index in [0.717, 1.165) is 25.1 Å². The van der Waals surface area contributed by atoms with Crippen molar-refractivity contribution in [2.75, 3.05) is 43.0 Å². The van der Waals surface area contributed by atoms with Crippen LogP contribution in [0.3, 0.4) is 0 Å². The Kier molecular flexibility index (Phi) is 5.76. The van der Waals surface area contributed by atoms with Gasteiger partial charge in [0, 0.05) is 12.5 Å². The van der Waals surface area contributed by atoms with Gasteiger partial charge >= 0.3 is 0 Å². The largest absolute Gasteiger partial charge is 0.490 e. The number of ether oxygens (including phenoxy) is 1. The number of rotatable bonds is 5. The number of hydrogen-bond donors (Lipinski definition) is 1. The van der Waals surface area contributed by atoms with E-state index in [4.69, 9.17) is 4.74 Å². The molecule has 1 atom stereocenters. The molecule has 2 amide bonds. The number of fused-ring (bicyclic) bond motifs is 1. The minimum absolute atomic E-state index is 0.0313. The van der Waals surface area contributed by atoms with E-state index in [0.29, 0.717) is 18.8 Å². The summed E-state index contributed by atoms with van der Waals surface area (Å²) >= 11 is 0. The van der Waals surface area contributed by atoms with Crippen LogP contribution >= 0.6 is 0 Å². The number of likely N-dealkylation sites (tertiary alicyclic amines) is 1. The first-order valence-electron chi connectivity index (χ1n) is 9.89. The average molecular weight is 397 g/mol. The van der Waals surface area contributed by atoms with Crippen molar-refractivity contribution in [2.24, 2.45) is 5.92 Å². The van der Waals surface area contributed by atoms with Crippen molar-refractivity contribution >= 4 is 23.2 Å². The average Bonchev–Trinajstić information content (AvgIpc) is 2.73. The van der Waals surface area contributed by atoms with E-state index in [-0.39, 0.29) is 42.4 Å². The number of nitrogens with one attached hydrogen (secondary N) is 1. The minimum atomic E-state index is -0.364. The highest BCUT2D eigenvalue weighted by Gasteiger charge is 2.29. The zero-order valence-electron chi connectivity index (χ0n) is 16.1. The van der Waals surface area contributed by atoms with Gasteiger partial charge < -0.3 is 10.1 Å². The van der Waals surface area contributed by atoms with Gasteiger partial charge in [0.05, 0.1) is 24.5 Å². The summed E-state index contributed by atoms with van der Waals surface area (Å²) in [5.74, 6) is -0.156. The molecule has 29 heavy (non-hydrogen) atoms. The van der Waals surface area contributed by atoms with E-state index in [1.165, 1.54) is 6.07 Å². The van der Waals surface area contributed by atoms with Crippen LogP contribution in [0.4, 0.5) is 15.8 Å². The molecule has 0 spiro atoms. The fraction of sp³-hybridized carbons (Fsp3) is 0.364. The van der Waals surface area contributed by atoms with E-state index in [9.17, 15) is 14.0 Å². The summed E-state index contributed by atoms with van der Waals surface area (Å²) < 4.78 is 19.4. The first-order chi connectivity index (χ1) is 14.1. The maximum Gasteiger partial charge on any atom is 0.244 e. The second kappa shape index (κ2) is 8.61. The Hall–Kier alpha value is -2.93. The quantitative estimate of drug-likeness (QED) is 0.843. The number of piperidine rings is 1. The van der Waals surface area contributed by atoms with Gasteiger partial charge in [-0.15, -0.1) is 0 Å². The Morgan fingerprint density at radius 3 is 2.83 bits per heavy atom. The van der Waals surface area contributed by atoms with Gasteiger partial charge in [0.2, 0.25) is 11.8 Å². The highest BCUT2D eigenvalue weighted by molar-refractivity contribution is 6.10. The molecule has 1 fully saturated rings. The third kappa shape index (κ3) is 4.56. The molecule has 7 heteroatoms. The molecule has 1 saturated heterocycles. The van der Waals surface area contributed by atoms with E-state index >= 15 is 0 Å². The molecule has 4 rings (SSSR count). The molecule has 2 aliphatic rings. The monoisotopic (exact) mass is 397 g/mol. The van der Waals surface area contributed by atoms with Crippen molar-refractivity contribution in [1.29, 1.82) is 0 Å². The van der Waals surface area contributed by atoms with Crippen molar-refractivity contribution in [1.82, 2.24) is 4.90 Å². The number of hydrogen-bond acceptors (Lipinski definition) is 4. The van der Waals surface area contributed by atoms with Gasteiger partial charge in [0.15, 0.2) is 11.6 Å². The van der Waals surface area contributed by atoms with E-state index in [1.807, 2.05) is 18.2 Å².